The Bertz CT molecular complexity index is 938. The predicted octanol–water partition coefficient (Wildman–Crippen LogP) is 3.86. The predicted molar refractivity (Wildman–Crippen MR) is 122 cm³/mol. The summed E-state index contributed by atoms with van der Waals surface area (Å²) in [7, 11) is 0. The maximum absolute atomic E-state index is 5.89. The molecule has 1 N–H and O–H groups in total. The molecule has 2 aromatic rings. The van der Waals surface area contributed by atoms with E-state index in [2.05, 4.69) is 58.6 Å². The molecule has 0 unspecified atom stereocenters. The van der Waals surface area contributed by atoms with Gasteiger partial charge in [-0.15, -0.1) is 0 Å². The molecule has 5 rings (SSSR count). The first-order valence-corrected chi connectivity index (χ1v) is 11.6. The van der Waals surface area contributed by atoms with Crippen molar-refractivity contribution in [3.8, 4) is 12.0 Å². The van der Waals surface area contributed by atoms with Gasteiger partial charge in [-0.3, -0.25) is 0 Å². The Balaban J connectivity index is 1.36. The summed E-state index contributed by atoms with van der Waals surface area (Å²) in [5.41, 5.74) is 3.27. The van der Waals surface area contributed by atoms with Gasteiger partial charge in [0.2, 0.25) is 0 Å². The summed E-state index contributed by atoms with van der Waals surface area (Å²) in [6.07, 6.45) is 8.07. The van der Waals surface area contributed by atoms with E-state index in [4.69, 9.17) is 14.5 Å². The number of ether oxygens (including phenoxy) is 2. The fourth-order valence-electron chi connectivity index (χ4n) is 4.84. The van der Waals surface area contributed by atoms with Gasteiger partial charge in [-0.05, 0) is 36.5 Å². The zero-order valence-electron chi connectivity index (χ0n) is 18.1. The fraction of sp³-hybridized carbons (Fsp3) is 0.500. The summed E-state index contributed by atoms with van der Waals surface area (Å²) in [4.78, 5) is 7.33. The minimum atomic E-state index is -0.441. The highest BCUT2D eigenvalue weighted by Gasteiger charge is 2.43. The molecule has 0 amide bonds. The summed E-state index contributed by atoms with van der Waals surface area (Å²) in [6, 6.07) is 18.5. The number of hydrogen-bond donors (Lipinski definition) is 1. The molecule has 3 heterocycles. The second-order valence-corrected chi connectivity index (χ2v) is 8.83. The van der Waals surface area contributed by atoms with E-state index in [1.165, 1.54) is 37.7 Å². The Morgan fingerprint density at radius 1 is 1.03 bits per heavy atom. The molecule has 31 heavy (non-hydrogen) atoms. The molecule has 1 saturated carbocycles. The third kappa shape index (κ3) is 4.87. The molecule has 0 atom stereocenters. The van der Waals surface area contributed by atoms with Gasteiger partial charge in [0.05, 0.1) is 25.5 Å². The molecule has 0 bridgehead atoms. The first kappa shape index (κ1) is 20.4. The van der Waals surface area contributed by atoms with Crippen LogP contribution in [-0.4, -0.2) is 43.1 Å². The number of benzene rings is 1. The van der Waals surface area contributed by atoms with E-state index in [1.807, 2.05) is 6.07 Å². The first-order valence-electron chi connectivity index (χ1n) is 11.6. The van der Waals surface area contributed by atoms with Crippen molar-refractivity contribution < 1.29 is 9.47 Å². The van der Waals surface area contributed by atoms with Crippen LogP contribution in [0.3, 0.4) is 0 Å². The molecule has 3 aliphatic rings. The molecule has 2 saturated heterocycles. The van der Waals surface area contributed by atoms with Crippen molar-refractivity contribution in [3.05, 3.63) is 59.3 Å². The van der Waals surface area contributed by atoms with E-state index in [9.17, 15) is 0 Å². The van der Waals surface area contributed by atoms with Gasteiger partial charge in [0.1, 0.15) is 5.82 Å². The summed E-state index contributed by atoms with van der Waals surface area (Å²) in [5.74, 6) is 3.89. The quantitative estimate of drug-likeness (QED) is 0.605. The Labute approximate surface area is 185 Å². The lowest BCUT2D eigenvalue weighted by Crippen LogP contribution is -2.34. The van der Waals surface area contributed by atoms with Crippen LogP contribution in [0, 0.1) is 12.0 Å². The lowest BCUT2D eigenvalue weighted by atomic mass is 9.96. The number of aromatic nitrogens is 1. The average Bonchev–Trinajstić information content (AvgIpc) is 3.46. The summed E-state index contributed by atoms with van der Waals surface area (Å²) in [5, 5.41) is 3.43. The SMILES string of the molecule is C(#Cc1ccc(N2CCC3(C2)OCCO3)nc1Cc1ccccc1)NC1CCCCC1. The minimum Gasteiger partial charge on any atom is -0.351 e. The summed E-state index contributed by atoms with van der Waals surface area (Å²) in [6.45, 7) is 3.00. The number of anilines is 1. The zero-order chi connectivity index (χ0) is 20.9. The molecular weight excluding hydrogens is 386 g/mol. The van der Waals surface area contributed by atoms with Gasteiger partial charge in [0.15, 0.2) is 5.79 Å². The van der Waals surface area contributed by atoms with Crippen molar-refractivity contribution in [1.29, 1.82) is 0 Å². The van der Waals surface area contributed by atoms with Crippen molar-refractivity contribution in [1.82, 2.24) is 10.3 Å². The van der Waals surface area contributed by atoms with E-state index in [0.717, 1.165) is 43.0 Å². The van der Waals surface area contributed by atoms with Crippen LogP contribution in [0.4, 0.5) is 5.82 Å². The maximum Gasteiger partial charge on any atom is 0.187 e. The fourth-order valence-corrected chi connectivity index (χ4v) is 4.84. The van der Waals surface area contributed by atoms with Crippen molar-refractivity contribution in [2.24, 2.45) is 0 Å². The Morgan fingerprint density at radius 3 is 2.65 bits per heavy atom. The van der Waals surface area contributed by atoms with Crippen molar-refractivity contribution in [2.75, 3.05) is 31.2 Å². The van der Waals surface area contributed by atoms with Crippen LogP contribution in [0.1, 0.15) is 55.3 Å². The van der Waals surface area contributed by atoms with E-state index in [0.29, 0.717) is 19.3 Å². The van der Waals surface area contributed by atoms with Crippen LogP contribution in [0.5, 0.6) is 0 Å². The second-order valence-electron chi connectivity index (χ2n) is 8.83. The highest BCUT2D eigenvalue weighted by Crippen LogP contribution is 2.33. The molecule has 5 heteroatoms. The lowest BCUT2D eigenvalue weighted by Gasteiger charge is -2.23. The van der Waals surface area contributed by atoms with Crippen molar-refractivity contribution >= 4 is 5.82 Å². The zero-order valence-corrected chi connectivity index (χ0v) is 18.1. The lowest BCUT2D eigenvalue weighted by molar-refractivity contribution is -0.137. The number of nitrogens with one attached hydrogen (secondary N) is 1. The van der Waals surface area contributed by atoms with Crippen LogP contribution < -0.4 is 10.2 Å². The van der Waals surface area contributed by atoms with Crippen LogP contribution in [0.2, 0.25) is 0 Å². The smallest absolute Gasteiger partial charge is 0.187 e. The molecule has 2 aliphatic heterocycles. The van der Waals surface area contributed by atoms with Gasteiger partial charge in [-0.2, -0.15) is 0 Å². The van der Waals surface area contributed by atoms with Crippen LogP contribution >= 0.6 is 0 Å². The van der Waals surface area contributed by atoms with E-state index in [-0.39, 0.29) is 0 Å². The van der Waals surface area contributed by atoms with Crippen LogP contribution in [0.25, 0.3) is 0 Å². The second kappa shape index (κ2) is 9.30. The number of pyridine rings is 1. The van der Waals surface area contributed by atoms with Crippen LogP contribution in [-0.2, 0) is 15.9 Å². The number of rotatable bonds is 4. The Morgan fingerprint density at radius 2 is 1.84 bits per heavy atom. The first-order chi connectivity index (χ1) is 15.3. The van der Waals surface area contributed by atoms with Crippen molar-refractivity contribution in [3.63, 3.8) is 0 Å². The monoisotopic (exact) mass is 417 g/mol. The molecule has 162 valence electrons. The Kier molecular flexibility index (Phi) is 6.11. The molecule has 3 fully saturated rings. The van der Waals surface area contributed by atoms with E-state index < -0.39 is 5.79 Å². The highest BCUT2D eigenvalue weighted by molar-refractivity contribution is 5.49. The molecule has 1 aromatic carbocycles. The standard InChI is InChI=1S/C26H31N3O2/c1-3-7-21(8-4-1)19-24-22(13-15-27-23-9-5-2-6-10-23)11-12-25(28-24)29-16-14-26(20-29)30-17-18-31-26/h1,3-4,7-8,11-12,23,27H,2,5-6,9-10,14,16-20H2. The molecule has 0 radical (unpaired) electrons. The average molecular weight is 418 g/mol. The summed E-state index contributed by atoms with van der Waals surface area (Å²) < 4.78 is 11.8. The topological polar surface area (TPSA) is 46.6 Å². The van der Waals surface area contributed by atoms with Gasteiger partial charge in [-0.25, -0.2) is 4.98 Å². The van der Waals surface area contributed by atoms with Gasteiger partial charge in [0, 0.05) is 37.0 Å². The van der Waals surface area contributed by atoms with Crippen LogP contribution in [0.15, 0.2) is 42.5 Å². The van der Waals surface area contributed by atoms with Gasteiger partial charge in [0.25, 0.3) is 0 Å². The third-order valence-corrected chi connectivity index (χ3v) is 6.58. The summed E-state index contributed by atoms with van der Waals surface area (Å²) >= 11 is 0. The van der Waals surface area contributed by atoms with Gasteiger partial charge in [-0.1, -0.05) is 49.6 Å². The molecular formula is C26H31N3O2. The number of nitrogens with zero attached hydrogens (tertiary/aromatic N) is 2. The molecule has 1 aromatic heterocycles. The Hall–Kier alpha value is -2.55. The van der Waals surface area contributed by atoms with Crippen molar-refractivity contribution in [2.45, 2.75) is 56.8 Å². The minimum absolute atomic E-state index is 0.441. The molecule has 1 spiro atoms. The maximum atomic E-state index is 5.89. The van der Waals surface area contributed by atoms with Gasteiger partial charge < -0.3 is 19.7 Å². The third-order valence-electron chi connectivity index (χ3n) is 6.58. The normalized spacial score (nSPS) is 20.6. The number of hydrogen-bond acceptors (Lipinski definition) is 5. The molecule has 5 nitrogen and oxygen atoms in total. The van der Waals surface area contributed by atoms with E-state index in [1.54, 1.807) is 0 Å². The highest BCUT2D eigenvalue weighted by atomic mass is 16.7. The largest absolute Gasteiger partial charge is 0.351 e. The molecule has 1 aliphatic carbocycles. The van der Waals surface area contributed by atoms with Gasteiger partial charge >= 0.3 is 0 Å². The van der Waals surface area contributed by atoms with E-state index >= 15 is 0 Å².